The largest absolute Gasteiger partial charge is 0.361 e. The lowest BCUT2D eigenvalue weighted by Crippen LogP contribution is -1.89. The molecule has 3 aromatic rings. The van der Waals surface area contributed by atoms with Gasteiger partial charge >= 0.3 is 0 Å². The van der Waals surface area contributed by atoms with Crippen LogP contribution in [0.4, 0.5) is 4.39 Å². The molecule has 0 saturated carbocycles. The highest BCUT2D eigenvalue weighted by molar-refractivity contribution is 6.48. The van der Waals surface area contributed by atoms with Crippen LogP contribution in [-0.4, -0.2) is 4.98 Å². The first-order valence-corrected chi connectivity index (χ1v) is 7.46. The maximum atomic E-state index is 14.9. The van der Waals surface area contributed by atoms with E-state index < -0.39 is 5.82 Å². The number of hydrogen-bond donors (Lipinski definition) is 1. The summed E-state index contributed by atoms with van der Waals surface area (Å²) in [6.07, 6.45) is 1.77. The molecule has 0 aliphatic heterocycles. The van der Waals surface area contributed by atoms with Gasteiger partial charge in [0.05, 0.1) is 27.6 Å². The van der Waals surface area contributed by atoms with E-state index in [0.717, 1.165) is 0 Å². The smallest absolute Gasteiger partial charge is 0.140 e. The van der Waals surface area contributed by atoms with Gasteiger partial charge in [-0.3, -0.25) is 0 Å². The molecule has 0 amide bonds. The Morgan fingerprint density at radius 1 is 1.14 bits per heavy atom. The van der Waals surface area contributed by atoms with Crippen LogP contribution in [-0.2, 0) is 6.42 Å². The Bertz CT molecular complexity index is 902. The van der Waals surface area contributed by atoms with Crippen LogP contribution >= 0.6 is 34.8 Å². The zero-order valence-corrected chi connectivity index (χ0v) is 13.3. The summed E-state index contributed by atoms with van der Waals surface area (Å²) in [6.45, 7) is 0. The van der Waals surface area contributed by atoms with Crippen molar-refractivity contribution < 1.29 is 4.39 Å². The van der Waals surface area contributed by atoms with Gasteiger partial charge in [-0.2, -0.15) is 5.26 Å². The normalized spacial score (nSPS) is 10.9. The number of benzene rings is 2. The highest BCUT2D eigenvalue weighted by Gasteiger charge is 2.16. The number of hydrogen-bond acceptors (Lipinski definition) is 1. The van der Waals surface area contributed by atoms with E-state index in [1.54, 1.807) is 30.5 Å². The van der Waals surface area contributed by atoms with Crippen LogP contribution < -0.4 is 0 Å². The second-order valence-electron chi connectivity index (χ2n) is 4.75. The van der Waals surface area contributed by atoms with E-state index >= 15 is 0 Å². The minimum absolute atomic E-state index is 0.127. The van der Waals surface area contributed by atoms with E-state index in [0.29, 0.717) is 27.6 Å². The third-order valence-corrected chi connectivity index (χ3v) is 4.63. The Hall–Kier alpha value is -1.73. The first kappa shape index (κ1) is 15.2. The van der Waals surface area contributed by atoms with Crippen LogP contribution in [0, 0.1) is 17.1 Å². The lowest BCUT2D eigenvalue weighted by molar-refractivity contribution is 0.642. The average molecular weight is 354 g/mol. The number of nitriles is 1. The Kier molecular flexibility index (Phi) is 4.01. The van der Waals surface area contributed by atoms with Crippen molar-refractivity contribution in [2.45, 2.75) is 6.42 Å². The minimum atomic E-state index is -0.418. The molecule has 6 heteroatoms. The highest BCUT2D eigenvalue weighted by Crippen LogP contribution is 2.37. The molecule has 1 aromatic heterocycles. The maximum absolute atomic E-state index is 14.9. The molecule has 0 atom stereocenters. The van der Waals surface area contributed by atoms with Crippen LogP contribution in [0.5, 0.6) is 0 Å². The summed E-state index contributed by atoms with van der Waals surface area (Å²) in [4.78, 5) is 2.96. The number of H-pyrrole nitrogens is 1. The van der Waals surface area contributed by atoms with E-state index in [9.17, 15) is 4.39 Å². The molecule has 0 spiro atoms. The predicted octanol–water partition coefficient (Wildman–Crippen LogP) is 6.00. The topological polar surface area (TPSA) is 39.6 Å². The molecule has 0 radical (unpaired) electrons. The fourth-order valence-corrected chi connectivity index (χ4v) is 3.00. The van der Waals surface area contributed by atoms with Crippen LogP contribution in [0.3, 0.4) is 0 Å². The molecular formula is C16H8Cl3FN2. The average Bonchev–Trinajstić information content (AvgIpc) is 2.89. The van der Waals surface area contributed by atoms with Crippen molar-refractivity contribution in [3.63, 3.8) is 0 Å². The number of nitrogens with one attached hydrogen (secondary N) is 1. The molecule has 0 aliphatic carbocycles. The van der Waals surface area contributed by atoms with Crippen LogP contribution in [0.25, 0.3) is 22.0 Å². The number of rotatable bonds is 2. The molecule has 0 unspecified atom stereocenters. The molecule has 110 valence electrons. The monoisotopic (exact) mass is 352 g/mol. The standard InChI is InChI=1S/C16H8Cl3FN2/c17-11-5-9(6-12(18)15(11)19)10-1-2-13-14(16(10)20)8(3-4-21)7-22-13/h1-2,5-7,22H,3H2. The molecule has 1 N–H and O–H groups in total. The van der Waals surface area contributed by atoms with Crippen molar-refractivity contribution in [3.8, 4) is 17.2 Å². The zero-order valence-electron chi connectivity index (χ0n) is 11.1. The lowest BCUT2D eigenvalue weighted by Gasteiger charge is -2.08. The van der Waals surface area contributed by atoms with Crippen molar-refractivity contribution in [3.05, 3.63) is 56.9 Å². The summed E-state index contributed by atoms with van der Waals surface area (Å²) in [5.41, 5.74) is 2.13. The predicted molar refractivity (Wildman–Crippen MR) is 88.0 cm³/mol. The number of aromatic amines is 1. The summed E-state index contributed by atoms with van der Waals surface area (Å²) >= 11 is 17.9. The molecule has 2 nitrogen and oxygen atoms in total. The Morgan fingerprint density at radius 3 is 2.45 bits per heavy atom. The van der Waals surface area contributed by atoms with E-state index in [2.05, 4.69) is 4.98 Å². The maximum Gasteiger partial charge on any atom is 0.140 e. The fourth-order valence-electron chi connectivity index (χ4n) is 2.41. The molecule has 3 rings (SSSR count). The second kappa shape index (κ2) is 5.81. The number of aromatic nitrogens is 1. The first-order chi connectivity index (χ1) is 10.5. The highest BCUT2D eigenvalue weighted by atomic mass is 35.5. The van der Waals surface area contributed by atoms with Gasteiger partial charge in [0.15, 0.2) is 0 Å². The Labute approximate surface area is 141 Å². The summed E-state index contributed by atoms with van der Waals surface area (Å²) in [7, 11) is 0. The second-order valence-corrected chi connectivity index (χ2v) is 5.94. The molecule has 22 heavy (non-hydrogen) atoms. The lowest BCUT2D eigenvalue weighted by atomic mass is 10.0. The molecule has 0 bridgehead atoms. The summed E-state index contributed by atoms with van der Waals surface area (Å²) in [5, 5.41) is 10.0. The van der Waals surface area contributed by atoms with Crippen LogP contribution in [0.15, 0.2) is 30.5 Å². The van der Waals surface area contributed by atoms with Crippen molar-refractivity contribution in [2.24, 2.45) is 0 Å². The van der Waals surface area contributed by atoms with Gasteiger partial charge in [0.2, 0.25) is 0 Å². The number of halogens is 4. The molecule has 0 fully saturated rings. The third-order valence-electron chi connectivity index (χ3n) is 3.43. The van der Waals surface area contributed by atoms with Gasteiger partial charge in [-0.05, 0) is 35.4 Å². The summed E-state index contributed by atoms with van der Waals surface area (Å²) in [6, 6.07) is 8.55. The Balaban J connectivity index is 2.26. The first-order valence-electron chi connectivity index (χ1n) is 6.33. The van der Waals surface area contributed by atoms with Gasteiger partial charge < -0.3 is 4.98 Å². The van der Waals surface area contributed by atoms with Gasteiger partial charge in [-0.15, -0.1) is 0 Å². The molecule has 2 aromatic carbocycles. The molecule has 0 saturated heterocycles. The van der Waals surface area contributed by atoms with Crippen molar-refractivity contribution in [1.82, 2.24) is 4.98 Å². The van der Waals surface area contributed by atoms with Gasteiger partial charge in [0.25, 0.3) is 0 Å². The number of fused-ring (bicyclic) bond motifs is 1. The van der Waals surface area contributed by atoms with Crippen molar-refractivity contribution in [1.29, 1.82) is 5.26 Å². The Morgan fingerprint density at radius 2 is 1.82 bits per heavy atom. The summed E-state index contributed by atoms with van der Waals surface area (Å²) in [5.74, 6) is -0.418. The zero-order chi connectivity index (χ0) is 15.9. The third kappa shape index (κ3) is 2.44. The SMILES string of the molecule is N#CCc1c[nH]c2ccc(-c3cc(Cl)c(Cl)c(Cl)c3)c(F)c12. The minimum Gasteiger partial charge on any atom is -0.361 e. The van der Waals surface area contributed by atoms with Crippen LogP contribution in [0.1, 0.15) is 5.56 Å². The van der Waals surface area contributed by atoms with E-state index in [-0.39, 0.29) is 21.5 Å². The van der Waals surface area contributed by atoms with Crippen molar-refractivity contribution in [2.75, 3.05) is 0 Å². The van der Waals surface area contributed by atoms with E-state index in [4.69, 9.17) is 40.1 Å². The fraction of sp³-hybridized carbons (Fsp3) is 0.0625. The number of nitrogens with zero attached hydrogens (tertiary/aromatic N) is 1. The van der Waals surface area contributed by atoms with Crippen molar-refractivity contribution >= 4 is 45.7 Å². The molecule has 1 heterocycles. The summed E-state index contributed by atoms with van der Waals surface area (Å²) < 4.78 is 14.9. The molecular weight excluding hydrogens is 346 g/mol. The van der Waals surface area contributed by atoms with E-state index in [1.165, 1.54) is 0 Å². The van der Waals surface area contributed by atoms with Gasteiger partial charge in [0.1, 0.15) is 5.82 Å². The van der Waals surface area contributed by atoms with Gasteiger partial charge in [0, 0.05) is 22.7 Å². The van der Waals surface area contributed by atoms with Gasteiger partial charge in [-0.1, -0.05) is 34.8 Å². The molecule has 0 aliphatic rings. The quantitative estimate of drug-likeness (QED) is 0.564. The van der Waals surface area contributed by atoms with Crippen LogP contribution in [0.2, 0.25) is 15.1 Å². The van der Waals surface area contributed by atoms with Gasteiger partial charge in [-0.25, -0.2) is 4.39 Å². The van der Waals surface area contributed by atoms with E-state index in [1.807, 2.05) is 6.07 Å².